The Morgan fingerprint density at radius 1 is 0.894 bits per heavy atom. The molecule has 2 aromatic rings. The first-order valence-corrected chi connectivity index (χ1v) is 17.5. The molecule has 2 unspecified atom stereocenters. The maximum absolute atomic E-state index is 15.2. The van der Waals surface area contributed by atoms with Crippen LogP contribution >= 0.6 is 0 Å². The minimum atomic E-state index is -4.15. The molecule has 11 nitrogen and oxygen atoms in total. The Balaban J connectivity index is 1.56. The van der Waals surface area contributed by atoms with Crippen molar-refractivity contribution >= 4 is 33.7 Å². The highest BCUT2D eigenvalue weighted by atomic mass is 32.2. The number of alkyl halides is 1. The Kier molecular flexibility index (Phi) is 13.1. The lowest BCUT2D eigenvalue weighted by Crippen LogP contribution is -2.49. The van der Waals surface area contributed by atoms with Crippen molar-refractivity contribution in [2.75, 3.05) is 19.6 Å². The lowest BCUT2D eigenvalue weighted by atomic mass is 9.89. The van der Waals surface area contributed by atoms with E-state index in [0.29, 0.717) is 11.1 Å². The number of halogens is 1. The quantitative estimate of drug-likeness (QED) is 0.227. The monoisotopic (exact) mass is 673 g/mol. The maximum atomic E-state index is 15.2. The summed E-state index contributed by atoms with van der Waals surface area (Å²) in [5, 5.41) is 4.90. The van der Waals surface area contributed by atoms with E-state index in [0.717, 1.165) is 11.1 Å². The molecule has 2 aromatic carbocycles. The van der Waals surface area contributed by atoms with Gasteiger partial charge in [0.2, 0.25) is 33.7 Å². The van der Waals surface area contributed by atoms with Crippen molar-refractivity contribution in [2.24, 2.45) is 5.73 Å². The third-order valence-electron chi connectivity index (χ3n) is 8.23. The molecule has 258 valence electrons. The van der Waals surface area contributed by atoms with Crippen LogP contribution in [0.25, 0.3) is 0 Å². The molecule has 1 heterocycles. The van der Waals surface area contributed by atoms with Crippen molar-refractivity contribution < 1.29 is 32.0 Å². The Morgan fingerprint density at radius 3 is 2.02 bits per heavy atom. The predicted molar refractivity (Wildman–Crippen MR) is 178 cm³/mol. The highest BCUT2D eigenvalue weighted by Crippen LogP contribution is 2.35. The first kappa shape index (κ1) is 37.6. The lowest BCUT2D eigenvalue weighted by Gasteiger charge is -2.24. The minimum Gasteiger partial charge on any atom is -0.368 e. The molecule has 0 saturated carbocycles. The van der Waals surface area contributed by atoms with Crippen LogP contribution in [0.5, 0.6) is 0 Å². The topological polar surface area (TPSA) is 168 Å². The molecule has 5 N–H and O–H groups in total. The number of sulfonamides is 1. The molecule has 0 bridgehead atoms. The van der Waals surface area contributed by atoms with E-state index in [1.54, 1.807) is 24.3 Å². The van der Waals surface area contributed by atoms with Crippen molar-refractivity contribution in [1.29, 1.82) is 0 Å². The normalized spacial score (nSPS) is 17.3. The fourth-order valence-corrected chi connectivity index (χ4v) is 7.45. The van der Waals surface area contributed by atoms with Crippen molar-refractivity contribution in [3.63, 3.8) is 0 Å². The van der Waals surface area contributed by atoms with Gasteiger partial charge >= 0.3 is 0 Å². The second kappa shape index (κ2) is 16.3. The zero-order valence-electron chi connectivity index (χ0n) is 28.0. The summed E-state index contributed by atoms with van der Waals surface area (Å²) in [4.78, 5) is 50.8. The van der Waals surface area contributed by atoms with E-state index in [1.807, 2.05) is 59.7 Å². The maximum Gasteiger partial charge on any atom is 0.241 e. The van der Waals surface area contributed by atoms with Gasteiger partial charge in [-0.3, -0.25) is 19.2 Å². The number of carbonyl (C=O) groups is 4. The Labute approximate surface area is 277 Å². The summed E-state index contributed by atoms with van der Waals surface area (Å²) in [6.45, 7) is 10.8. The van der Waals surface area contributed by atoms with Gasteiger partial charge in [0.05, 0.1) is 24.0 Å². The number of hydrogen-bond donors (Lipinski definition) is 4. The number of hydrogen-bond acceptors (Lipinski definition) is 6. The number of rotatable bonds is 15. The standard InChI is InChI=1S/C34H48FN5O6S/c1-20(2)24-15-25(21(3)4)33(26(16-24)22(5)6)47(45,46)39-29-19-40(18-27(29)35)32(43)13-12-30(41)37-17-31(42)38-28(34(36)44)14-23-10-8-7-9-11-23/h7-11,15-16,20-22,27-29,39H,12-14,17-19H2,1-6H3,(H2,36,44)(H,37,41)(H,38,42)/t27?,28-,29?/m0/s1. The number of nitrogens with two attached hydrogens (primary N) is 1. The largest absolute Gasteiger partial charge is 0.368 e. The summed E-state index contributed by atoms with van der Waals surface area (Å²) >= 11 is 0. The van der Waals surface area contributed by atoms with Crippen molar-refractivity contribution in [3.8, 4) is 0 Å². The van der Waals surface area contributed by atoms with Crippen LogP contribution < -0.4 is 21.1 Å². The molecule has 0 radical (unpaired) electrons. The smallest absolute Gasteiger partial charge is 0.241 e. The van der Waals surface area contributed by atoms with Gasteiger partial charge in [0.1, 0.15) is 12.2 Å². The van der Waals surface area contributed by atoms with Crippen LogP contribution in [0.4, 0.5) is 4.39 Å². The van der Waals surface area contributed by atoms with E-state index in [-0.39, 0.29) is 55.0 Å². The fraction of sp³-hybridized carbons (Fsp3) is 0.529. The van der Waals surface area contributed by atoms with E-state index < -0.39 is 58.5 Å². The van der Waals surface area contributed by atoms with Crippen LogP contribution in [0.1, 0.15) is 94.4 Å². The number of likely N-dealkylation sites (tertiary alicyclic amines) is 1. The van der Waals surface area contributed by atoms with Crippen molar-refractivity contribution in [3.05, 3.63) is 64.7 Å². The number of nitrogens with one attached hydrogen (secondary N) is 3. The van der Waals surface area contributed by atoms with E-state index in [2.05, 4.69) is 15.4 Å². The van der Waals surface area contributed by atoms with Crippen molar-refractivity contribution in [2.45, 2.75) is 102 Å². The molecule has 1 saturated heterocycles. The molecule has 0 aliphatic carbocycles. The van der Waals surface area contributed by atoms with Crippen LogP contribution in [0.15, 0.2) is 47.4 Å². The minimum absolute atomic E-state index is 0.100. The second-order valence-corrected chi connectivity index (χ2v) is 14.7. The Bertz CT molecular complexity index is 1520. The van der Waals surface area contributed by atoms with E-state index in [4.69, 9.17) is 5.73 Å². The fourth-order valence-electron chi connectivity index (χ4n) is 5.50. The molecule has 0 spiro atoms. The zero-order valence-corrected chi connectivity index (χ0v) is 28.8. The van der Waals surface area contributed by atoms with Gasteiger partial charge in [-0.15, -0.1) is 0 Å². The molecule has 4 amide bonds. The van der Waals surface area contributed by atoms with Gasteiger partial charge in [-0.25, -0.2) is 17.5 Å². The van der Waals surface area contributed by atoms with Gasteiger partial charge in [-0.05, 0) is 40.0 Å². The summed E-state index contributed by atoms with van der Waals surface area (Å²) in [5.74, 6) is -2.46. The number of benzene rings is 2. The summed E-state index contributed by atoms with van der Waals surface area (Å²) in [7, 11) is -4.15. The molecule has 1 aliphatic heterocycles. The van der Waals surface area contributed by atoms with Crippen LogP contribution in [-0.4, -0.2) is 74.8 Å². The first-order chi connectivity index (χ1) is 22.0. The van der Waals surface area contributed by atoms with Gasteiger partial charge in [-0.2, -0.15) is 0 Å². The van der Waals surface area contributed by atoms with Crippen molar-refractivity contribution in [1.82, 2.24) is 20.3 Å². The van der Waals surface area contributed by atoms with Gasteiger partial charge in [0, 0.05) is 25.8 Å². The SMILES string of the molecule is CC(C)c1cc(C(C)C)c(S(=O)(=O)NC2CN(C(=O)CCC(=O)NCC(=O)N[C@@H](Cc3ccccc3)C(N)=O)CC2F)c(C(C)C)c1. The summed E-state index contributed by atoms with van der Waals surface area (Å²) < 4.78 is 45.3. The third kappa shape index (κ3) is 10.3. The molecular weight excluding hydrogens is 625 g/mol. The molecular formula is C34H48FN5O6S. The molecule has 0 aromatic heterocycles. The molecule has 1 fully saturated rings. The number of carbonyl (C=O) groups excluding carboxylic acids is 4. The Hall–Kier alpha value is -3.84. The number of primary amides is 1. The molecule has 3 rings (SSSR count). The summed E-state index contributed by atoms with van der Waals surface area (Å²) in [5.41, 5.74) is 8.57. The summed E-state index contributed by atoms with van der Waals surface area (Å²) in [6.07, 6.45) is -1.98. The number of amides is 4. The van der Waals surface area contributed by atoms with Gasteiger partial charge in [-0.1, -0.05) is 84.0 Å². The van der Waals surface area contributed by atoms with E-state index in [1.165, 1.54) is 4.90 Å². The van der Waals surface area contributed by atoms with Gasteiger partial charge < -0.3 is 21.3 Å². The third-order valence-corrected chi connectivity index (χ3v) is 9.85. The van der Waals surface area contributed by atoms with Crippen LogP contribution in [0.3, 0.4) is 0 Å². The molecule has 3 atom stereocenters. The molecule has 47 heavy (non-hydrogen) atoms. The van der Waals surface area contributed by atoms with E-state index >= 15 is 4.39 Å². The highest BCUT2D eigenvalue weighted by molar-refractivity contribution is 7.89. The lowest BCUT2D eigenvalue weighted by molar-refractivity contribution is -0.133. The van der Waals surface area contributed by atoms with Crippen LogP contribution in [-0.2, 0) is 35.6 Å². The molecule has 1 aliphatic rings. The first-order valence-electron chi connectivity index (χ1n) is 16.0. The molecule has 13 heteroatoms. The Morgan fingerprint density at radius 2 is 1.49 bits per heavy atom. The summed E-state index contributed by atoms with van der Waals surface area (Å²) in [6, 6.07) is 10.7. The number of nitrogens with zero attached hydrogens (tertiary/aromatic N) is 1. The van der Waals surface area contributed by atoms with Crippen LogP contribution in [0, 0.1) is 0 Å². The van der Waals surface area contributed by atoms with Gasteiger partial charge in [0.15, 0.2) is 0 Å². The van der Waals surface area contributed by atoms with Gasteiger partial charge in [0.25, 0.3) is 0 Å². The average Bonchev–Trinajstić information content (AvgIpc) is 3.37. The van der Waals surface area contributed by atoms with Crippen LogP contribution in [0.2, 0.25) is 0 Å². The predicted octanol–water partition coefficient (Wildman–Crippen LogP) is 2.99. The second-order valence-electron chi connectivity index (χ2n) is 13.0. The van der Waals surface area contributed by atoms with E-state index in [9.17, 15) is 27.6 Å². The zero-order chi connectivity index (χ0) is 35.1. The highest BCUT2D eigenvalue weighted by Gasteiger charge is 2.39. The average molecular weight is 674 g/mol.